The number of carbonyl (C=O) groups excluding carboxylic acids is 1. The maximum atomic E-state index is 12.7. The van der Waals surface area contributed by atoms with E-state index in [-0.39, 0.29) is 11.3 Å². The molecule has 0 radical (unpaired) electrons. The van der Waals surface area contributed by atoms with E-state index in [4.69, 9.17) is 4.74 Å². The van der Waals surface area contributed by atoms with Gasteiger partial charge in [0.2, 0.25) is 0 Å². The number of alkyl halides is 2. The Balaban J connectivity index is 3.39. The summed E-state index contributed by atoms with van der Waals surface area (Å²) in [5, 5.41) is 0. The molecule has 1 aromatic rings. The lowest BCUT2D eigenvalue weighted by Crippen LogP contribution is -2.05. The summed E-state index contributed by atoms with van der Waals surface area (Å²) in [6.45, 7) is 5.41. The summed E-state index contributed by atoms with van der Waals surface area (Å²) in [4.78, 5) is 11.5. The summed E-state index contributed by atoms with van der Waals surface area (Å²) in [5.74, 6) is 0.170. The monoisotopic (exact) mass is 242 g/mol. The van der Waals surface area contributed by atoms with Crippen LogP contribution in [0.5, 0.6) is 5.75 Å². The first kappa shape index (κ1) is 13.6. The van der Waals surface area contributed by atoms with Gasteiger partial charge in [0.15, 0.2) is 5.78 Å². The highest BCUT2D eigenvalue weighted by atomic mass is 19.3. The maximum absolute atomic E-state index is 12.7. The molecule has 4 heteroatoms. The fraction of sp³-hybridized carbons (Fsp3) is 0.462. The van der Waals surface area contributed by atoms with Crippen LogP contribution < -0.4 is 4.74 Å². The van der Waals surface area contributed by atoms with E-state index in [1.807, 2.05) is 6.92 Å². The second-order valence-electron chi connectivity index (χ2n) is 3.69. The van der Waals surface area contributed by atoms with Crippen molar-refractivity contribution in [1.29, 1.82) is 0 Å². The number of Topliss-reactive ketones (excluding diaryl/α,β-unsaturated/α-hetero) is 1. The largest absolute Gasteiger partial charge is 0.494 e. The highest BCUT2D eigenvalue weighted by Gasteiger charge is 2.17. The third kappa shape index (κ3) is 3.02. The van der Waals surface area contributed by atoms with Gasteiger partial charge in [-0.2, -0.15) is 0 Å². The Labute approximate surface area is 99.6 Å². The Morgan fingerprint density at radius 1 is 1.35 bits per heavy atom. The van der Waals surface area contributed by atoms with E-state index in [1.54, 1.807) is 6.92 Å². The van der Waals surface area contributed by atoms with Crippen molar-refractivity contribution in [3.05, 3.63) is 28.8 Å². The lowest BCUT2D eigenvalue weighted by molar-refractivity contribution is 0.101. The number of rotatable bonds is 5. The lowest BCUT2D eigenvalue weighted by Gasteiger charge is -2.14. The van der Waals surface area contributed by atoms with Gasteiger partial charge in [0, 0.05) is 16.7 Å². The molecular weight excluding hydrogens is 226 g/mol. The molecule has 17 heavy (non-hydrogen) atoms. The van der Waals surface area contributed by atoms with Gasteiger partial charge in [-0.1, -0.05) is 6.92 Å². The lowest BCUT2D eigenvalue weighted by atomic mass is 9.98. The van der Waals surface area contributed by atoms with E-state index >= 15 is 0 Å². The molecule has 1 rings (SSSR count). The van der Waals surface area contributed by atoms with Gasteiger partial charge in [-0.05, 0) is 32.4 Å². The van der Waals surface area contributed by atoms with Crippen LogP contribution in [0.15, 0.2) is 12.1 Å². The Bertz CT molecular complexity index is 414. The van der Waals surface area contributed by atoms with Crippen LogP contribution in [0.2, 0.25) is 0 Å². The van der Waals surface area contributed by atoms with Crippen molar-refractivity contribution in [1.82, 2.24) is 0 Å². The fourth-order valence-corrected chi connectivity index (χ4v) is 1.76. The molecule has 0 aliphatic rings. The molecule has 0 aromatic heterocycles. The average molecular weight is 242 g/mol. The topological polar surface area (TPSA) is 26.3 Å². The minimum atomic E-state index is -2.60. The minimum Gasteiger partial charge on any atom is -0.494 e. The summed E-state index contributed by atoms with van der Waals surface area (Å²) in [6, 6.07) is 2.58. The molecule has 0 heterocycles. The van der Waals surface area contributed by atoms with Crippen molar-refractivity contribution < 1.29 is 18.3 Å². The summed E-state index contributed by atoms with van der Waals surface area (Å²) < 4.78 is 30.7. The van der Waals surface area contributed by atoms with Crippen molar-refractivity contribution in [2.75, 3.05) is 6.61 Å². The number of halogens is 2. The SMILES string of the molecule is CCOc1cc(C(F)F)cc(C(C)=O)c1CC. The maximum Gasteiger partial charge on any atom is 0.264 e. The quantitative estimate of drug-likeness (QED) is 0.734. The number of carbonyl (C=O) groups is 1. The van der Waals surface area contributed by atoms with Crippen LogP contribution in [0.25, 0.3) is 0 Å². The molecule has 0 atom stereocenters. The standard InChI is InChI=1S/C13H16F2O2/c1-4-10-11(8(3)16)6-9(13(14)15)7-12(10)17-5-2/h6-7,13H,4-5H2,1-3H3. The molecule has 0 N–H and O–H groups in total. The van der Waals surface area contributed by atoms with Crippen molar-refractivity contribution in [2.45, 2.75) is 33.6 Å². The molecule has 0 fully saturated rings. The molecule has 94 valence electrons. The second kappa shape index (κ2) is 5.75. The average Bonchev–Trinajstić information content (AvgIpc) is 2.28. The zero-order valence-electron chi connectivity index (χ0n) is 10.2. The molecule has 0 saturated heterocycles. The molecule has 0 unspecified atom stereocenters. The van der Waals surface area contributed by atoms with Crippen molar-refractivity contribution >= 4 is 5.78 Å². The zero-order chi connectivity index (χ0) is 13.0. The van der Waals surface area contributed by atoms with Crippen molar-refractivity contribution in [2.24, 2.45) is 0 Å². The first-order valence-corrected chi connectivity index (χ1v) is 5.59. The normalized spacial score (nSPS) is 10.7. The number of hydrogen-bond donors (Lipinski definition) is 0. The number of benzene rings is 1. The molecule has 0 aliphatic carbocycles. The van der Waals surface area contributed by atoms with E-state index < -0.39 is 6.43 Å². The van der Waals surface area contributed by atoms with Crippen LogP contribution in [0.3, 0.4) is 0 Å². The molecule has 0 spiro atoms. The van der Waals surface area contributed by atoms with Crippen LogP contribution in [0.1, 0.15) is 48.7 Å². The fourth-order valence-electron chi connectivity index (χ4n) is 1.76. The van der Waals surface area contributed by atoms with Crippen LogP contribution in [-0.2, 0) is 6.42 Å². The summed E-state index contributed by atoms with van der Waals surface area (Å²) in [6.07, 6.45) is -2.02. The van der Waals surface area contributed by atoms with E-state index in [0.717, 1.165) is 0 Å². The van der Waals surface area contributed by atoms with Gasteiger partial charge in [-0.25, -0.2) is 8.78 Å². The van der Waals surface area contributed by atoms with Crippen LogP contribution in [0, 0.1) is 0 Å². The number of ketones is 1. The molecule has 0 aliphatic heterocycles. The Morgan fingerprint density at radius 3 is 2.41 bits per heavy atom. The Kier molecular flexibility index (Phi) is 4.61. The second-order valence-corrected chi connectivity index (χ2v) is 3.69. The third-order valence-electron chi connectivity index (χ3n) is 2.52. The van der Waals surface area contributed by atoms with E-state index in [9.17, 15) is 13.6 Å². The predicted molar refractivity (Wildman–Crippen MR) is 62.0 cm³/mol. The van der Waals surface area contributed by atoms with Gasteiger partial charge in [-0.15, -0.1) is 0 Å². The number of hydrogen-bond acceptors (Lipinski definition) is 2. The highest BCUT2D eigenvalue weighted by molar-refractivity contribution is 5.96. The summed E-state index contributed by atoms with van der Waals surface area (Å²) >= 11 is 0. The molecule has 1 aromatic carbocycles. The predicted octanol–water partition coefficient (Wildman–Crippen LogP) is 3.79. The third-order valence-corrected chi connectivity index (χ3v) is 2.52. The number of ether oxygens (including phenoxy) is 1. The van der Waals surface area contributed by atoms with Crippen LogP contribution >= 0.6 is 0 Å². The van der Waals surface area contributed by atoms with Crippen molar-refractivity contribution in [3.8, 4) is 5.75 Å². The van der Waals surface area contributed by atoms with E-state index in [1.165, 1.54) is 19.1 Å². The Morgan fingerprint density at radius 2 is 2.00 bits per heavy atom. The summed E-state index contributed by atoms with van der Waals surface area (Å²) in [7, 11) is 0. The van der Waals surface area contributed by atoms with Gasteiger partial charge in [-0.3, -0.25) is 4.79 Å². The minimum absolute atomic E-state index is 0.171. The van der Waals surface area contributed by atoms with E-state index in [2.05, 4.69) is 0 Å². The zero-order valence-corrected chi connectivity index (χ0v) is 10.2. The molecule has 0 amide bonds. The first-order valence-electron chi connectivity index (χ1n) is 5.59. The smallest absolute Gasteiger partial charge is 0.264 e. The summed E-state index contributed by atoms with van der Waals surface area (Å²) in [5.41, 5.74) is 0.855. The van der Waals surface area contributed by atoms with Gasteiger partial charge < -0.3 is 4.74 Å². The molecule has 0 saturated carbocycles. The van der Waals surface area contributed by atoms with Gasteiger partial charge >= 0.3 is 0 Å². The van der Waals surface area contributed by atoms with Gasteiger partial charge in [0.25, 0.3) is 6.43 Å². The van der Waals surface area contributed by atoms with Crippen LogP contribution in [-0.4, -0.2) is 12.4 Å². The van der Waals surface area contributed by atoms with Gasteiger partial charge in [0.05, 0.1) is 6.61 Å². The van der Waals surface area contributed by atoms with Gasteiger partial charge in [0.1, 0.15) is 5.75 Å². The highest BCUT2D eigenvalue weighted by Crippen LogP contribution is 2.30. The van der Waals surface area contributed by atoms with Crippen molar-refractivity contribution in [3.63, 3.8) is 0 Å². The first-order chi connectivity index (χ1) is 8.01. The molecule has 2 nitrogen and oxygen atoms in total. The Hall–Kier alpha value is -1.45. The molecule has 0 bridgehead atoms. The van der Waals surface area contributed by atoms with E-state index in [0.29, 0.717) is 29.9 Å². The molecular formula is C13H16F2O2. The van der Waals surface area contributed by atoms with Crippen LogP contribution in [0.4, 0.5) is 8.78 Å².